The van der Waals surface area contributed by atoms with Gasteiger partial charge in [0.15, 0.2) is 0 Å². The minimum Gasteiger partial charge on any atom is -0.206 e. The predicted molar refractivity (Wildman–Crippen MR) is 29.0 cm³/mol. The van der Waals surface area contributed by atoms with Gasteiger partial charge in [0.25, 0.3) is 5.92 Å². The standard InChI is InChI=1S/C6H4F8/c7-3(8)1-4(9,10)6(13,14)5(11,12)2-3/h1-2H2. The van der Waals surface area contributed by atoms with Gasteiger partial charge in [0, 0.05) is 0 Å². The van der Waals surface area contributed by atoms with Crippen LogP contribution in [0.2, 0.25) is 0 Å². The number of halogens is 8. The van der Waals surface area contributed by atoms with E-state index in [0.717, 1.165) is 0 Å². The van der Waals surface area contributed by atoms with Crippen molar-refractivity contribution in [1.29, 1.82) is 0 Å². The predicted octanol–water partition coefficient (Wildman–Crippen LogP) is 3.32. The van der Waals surface area contributed by atoms with Gasteiger partial charge >= 0.3 is 17.8 Å². The normalized spacial score (nSPS) is 32.6. The summed E-state index contributed by atoms with van der Waals surface area (Å²) in [5, 5.41) is 0. The molecule has 0 atom stereocenters. The summed E-state index contributed by atoms with van der Waals surface area (Å²) in [7, 11) is 0. The first-order valence-corrected chi connectivity index (χ1v) is 3.43. The first-order valence-electron chi connectivity index (χ1n) is 3.43. The average Bonchev–Trinajstić information content (AvgIpc) is 1.77. The van der Waals surface area contributed by atoms with Crippen LogP contribution >= 0.6 is 0 Å². The van der Waals surface area contributed by atoms with Gasteiger partial charge in [0.05, 0.1) is 12.8 Å². The van der Waals surface area contributed by atoms with E-state index in [1.807, 2.05) is 0 Å². The lowest BCUT2D eigenvalue weighted by molar-refractivity contribution is -0.362. The molecule has 0 aliphatic heterocycles. The summed E-state index contributed by atoms with van der Waals surface area (Å²) in [6.45, 7) is 0. The molecular weight excluding hydrogens is 224 g/mol. The number of hydrogen-bond acceptors (Lipinski definition) is 0. The molecular formula is C6H4F8. The SMILES string of the molecule is FC1(F)CC(F)(F)C(F)(F)C(F)(F)C1. The van der Waals surface area contributed by atoms with Crippen molar-refractivity contribution in [3.8, 4) is 0 Å². The van der Waals surface area contributed by atoms with Gasteiger partial charge in [-0.25, -0.2) is 8.78 Å². The second-order valence-corrected chi connectivity index (χ2v) is 3.19. The van der Waals surface area contributed by atoms with E-state index in [9.17, 15) is 35.1 Å². The fourth-order valence-electron chi connectivity index (χ4n) is 1.20. The van der Waals surface area contributed by atoms with E-state index in [2.05, 4.69) is 0 Å². The molecule has 0 radical (unpaired) electrons. The van der Waals surface area contributed by atoms with Gasteiger partial charge in [0.2, 0.25) is 0 Å². The molecule has 0 N–H and O–H groups in total. The van der Waals surface area contributed by atoms with E-state index in [0.29, 0.717) is 0 Å². The Balaban J connectivity index is 3.13. The Morgan fingerprint density at radius 2 is 0.857 bits per heavy atom. The molecule has 0 saturated heterocycles. The molecule has 0 spiro atoms. The fraction of sp³-hybridized carbons (Fsp3) is 1.00. The zero-order valence-corrected chi connectivity index (χ0v) is 6.44. The van der Waals surface area contributed by atoms with Crippen LogP contribution in [0.25, 0.3) is 0 Å². The van der Waals surface area contributed by atoms with Crippen LogP contribution in [0.4, 0.5) is 35.1 Å². The summed E-state index contributed by atoms with van der Waals surface area (Å²) < 4.78 is 98.1. The van der Waals surface area contributed by atoms with E-state index in [-0.39, 0.29) is 0 Å². The largest absolute Gasteiger partial charge is 0.372 e. The molecule has 0 nitrogen and oxygen atoms in total. The van der Waals surface area contributed by atoms with Gasteiger partial charge in [-0.3, -0.25) is 0 Å². The molecule has 1 fully saturated rings. The van der Waals surface area contributed by atoms with Crippen LogP contribution in [0.15, 0.2) is 0 Å². The van der Waals surface area contributed by atoms with Crippen LogP contribution in [-0.2, 0) is 0 Å². The lowest BCUT2D eigenvalue weighted by Crippen LogP contribution is -2.62. The van der Waals surface area contributed by atoms with Crippen LogP contribution in [0.1, 0.15) is 12.8 Å². The van der Waals surface area contributed by atoms with Crippen molar-refractivity contribution in [2.45, 2.75) is 36.5 Å². The summed E-state index contributed by atoms with van der Waals surface area (Å²) in [6.07, 6.45) is -5.11. The third-order valence-electron chi connectivity index (χ3n) is 1.88. The summed E-state index contributed by atoms with van der Waals surface area (Å²) in [5.74, 6) is -21.0. The highest BCUT2D eigenvalue weighted by Gasteiger charge is 2.78. The maximum Gasteiger partial charge on any atom is 0.372 e. The highest BCUT2D eigenvalue weighted by molar-refractivity contribution is 5.05. The quantitative estimate of drug-likeness (QED) is 0.558. The average molecular weight is 228 g/mol. The molecule has 0 unspecified atom stereocenters. The second-order valence-electron chi connectivity index (χ2n) is 3.19. The molecule has 0 bridgehead atoms. The van der Waals surface area contributed by atoms with Crippen molar-refractivity contribution in [1.82, 2.24) is 0 Å². The molecule has 0 aromatic carbocycles. The molecule has 14 heavy (non-hydrogen) atoms. The Morgan fingerprint density at radius 1 is 0.571 bits per heavy atom. The van der Waals surface area contributed by atoms with Gasteiger partial charge in [0.1, 0.15) is 0 Å². The third-order valence-corrected chi connectivity index (χ3v) is 1.88. The molecule has 0 heterocycles. The molecule has 84 valence electrons. The van der Waals surface area contributed by atoms with E-state index in [1.54, 1.807) is 0 Å². The van der Waals surface area contributed by atoms with Gasteiger partial charge in [-0.15, -0.1) is 0 Å². The van der Waals surface area contributed by atoms with E-state index in [1.165, 1.54) is 0 Å². The Kier molecular flexibility index (Phi) is 2.07. The maximum absolute atomic E-state index is 12.3. The highest BCUT2D eigenvalue weighted by atomic mass is 19.3. The van der Waals surface area contributed by atoms with Crippen LogP contribution in [0, 0.1) is 0 Å². The molecule has 0 amide bonds. The van der Waals surface area contributed by atoms with Gasteiger partial charge in [-0.05, 0) is 0 Å². The van der Waals surface area contributed by atoms with Crippen molar-refractivity contribution in [3.63, 3.8) is 0 Å². The molecule has 1 saturated carbocycles. The lowest BCUT2D eigenvalue weighted by atomic mass is 9.86. The number of rotatable bonds is 0. The van der Waals surface area contributed by atoms with Crippen molar-refractivity contribution in [2.24, 2.45) is 0 Å². The summed E-state index contributed by atoms with van der Waals surface area (Å²) >= 11 is 0. The topological polar surface area (TPSA) is 0 Å². The Bertz CT molecular complexity index is 220. The molecule has 0 aromatic rings. The highest BCUT2D eigenvalue weighted by Crippen LogP contribution is 2.57. The molecule has 1 aliphatic carbocycles. The van der Waals surface area contributed by atoms with Crippen LogP contribution in [0.3, 0.4) is 0 Å². The molecule has 1 aliphatic rings. The Morgan fingerprint density at radius 3 is 1.14 bits per heavy atom. The Hall–Kier alpha value is -0.560. The smallest absolute Gasteiger partial charge is 0.206 e. The van der Waals surface area contributed by atoms with Gasteiger partial charge in [-0.2, -0.15) is 26.3 Å². The number of hydrogen-bond donors (Lipinski definition) is 0. The minimum absolute atomic E-state index is 2.55. The zero-order chi connectivity index (χ0) is 11.4. The second kappa shape index (κ2) is 2.52. The van der Waals surface area contributed by atoms with Crippen molar-refractivity contribution < 1.29 is 35.1 Å². The maximum atomic E-state index is 12.3. The van der Waals surface area contributed by atoms with E-state index >= 15 is 0 Å². The summed E-state index contributed by atoms with van der Waals surface area (Å²) in [6, 6.07) is 0. The van der Waals surface area contributed by atoms with Crippen LogP contribution in [0.5, 0.6) is 0 Å². The zero-order valence-electron chi connectivity index (χ0n) is 6.44. The van der Waals surface area contributed by atoms with Crippen molar-refractivity contribution in [3.05, 3.63) is 0 Å². The van der Waals surface area contributed by atoms with Crippen LogP contribution in [-0.4, -0.2) is 23.7 Å². The fourth-order valence-corrected chi connectivity index (χ4v) is 1.20. The Labute approximate surface area is 72.9 Å². The van der Waals surface area contributed by atoms with Crippen molar-refractivity contribution in [2.75, 3.05) is 0 Å². The van der Waals surface area contributed by atoms with E-state index < -0.39 is 36.5 Å². The summed E-state index contributed by atoms with van der Waals surface area (Å²) in [4.78, 5) is 0. The van der Waals surface area contributed by atoms with Gasteiger partial charge < -0.3 is 0 Å². The third kappa shape index (κ3) is 1.44. The van der Waals surface area contributed by atoms with Gasteiger partial charge in [-0.1, -0.05) is 0 Å². The number of alkyl halides is 8. The van der Waals surface area contributed by atoms with Crippen LogP contribution < -0.4 is 0 Å². The first kappa shape index (κ1) is 11.5. The lowest BCUT2D eigenvalue weighted by Gasteiger charge is -2.40. The molecule has 1 rings (SSSR count). The summed E-state index contributed by atoms with van der Waals surface area (Å²) in [5.41, 5.74) is 0. The van der Waals surface area contributed by atoms with E-state index in [4.69, 9.17) is 0 Å². The van der Waals surface area contributed by atoms with Crippen molar-refractivity contribution >= 4 is 0 Å². The first-order chi connectivity index (χ1) is 5.91. The monoisotopic (exact) mass is 228 g/mol. The molecule has 0 aromatic heterocycles. The minimum atomic E-state index is -5.72. The molecule has 8 heteroatoms.